The molecule has 0 amide bonds. The van der Waals surface area contributed by atoms with Crippen LogP contribution >= 0.6 is 0 Å². The molecule has 4 heteroatoms. The minimum Gasteiger partial charge on any atom is -0.459 e. The number of rotatable bonds is 7. The van der Waals surface area contributed by atoms with Crippen molar-refractivity contribution in [2.24, 2.45) is 5.92 Å². The highest BCUT2D eigenvalue weighted by Gasteiger charge is 2.52. The quantitative estimate of drug-likeness (QED) is 0.517. The molecule has 0 aliphatic carbocycles. The Labute approximate surface area is 108 Å². The molecule has 102 valence electrons. The first-order valence-corrected chi connectivity index (χ1v) is 7.12. The molecule has 0 unspecified atom stereocenters. The fourth-order valence-electron chi connectivity index (χ4n) is 2.83. The molecule has 0 aromatic rings. The maximum atomic E-state index is 11.5. The van der Waals surface area contributed by atoms with Crippen LogP contribution in [-0.2, 0) is 19.1 Å². The van der Waals surface area contributed by atoms with Gasteiger partial charge in [-0.1, -0.05) is 39.0 Å². The van der Waals surface area contributed by atoms with Crippen molar-refractivity contribution in [2.45, 2.75) is 70.5 Å². The Kier molecular flexibility index (Phi) is 4.61. The number of hydrogen-bond acceptors (Lipinski definition) is 4. The van der Waals surface area contributed by atoms with Gasteiger partial charge in [-0.25, -0.2) is 4.79 Å². The number of fused-ring (bicyclic) bond motifs is 1. The van der Waals surface area contributed by atoms with E-state index in [1.165, 1.54) is 32.1 Å². The van der Waals surface area contributed by atoms with Gasteiger partial charge in [-0.15, -0.1) is 0 Å². The highest BCUT2D eigenvalue weighted by molar-refractivity contribution is 5.85. The summed E-state index contributed by atoms with van der Waals surface area (Å²) in [7, 11) is 0. The SMILES string of the molecule is CCCCCCCC[C@@H]1OC(=O)[C@@H]2OC(=O)C[C@H]12. The molecule has 0 saturated carbocycles. The van der Waals surface area contributed by atoms with Gasteiger partial charge in [0.2, 0.25) is 6.10 Å². The van der Waals surface area contributed by atoms with Crippen molar-refractivity contribution in [1.29, 1.82) is 0 Å². The Morgan fingerprint density at radius 3 is 2.56 bits per heavy atom. The molecule has 0 aromatic heterocycles. The second-order valence-electron chi connectivity index (χ2n) is 5.31. The summed E-state index contributed by atoms with van der Waals surface area (Å²) in [5, 5.41) is 0. The Hall–Kier alpha value is -1.06. The summed E-state index contributed by atoms with van der Waals surface area (Å²) in [6.45, 7) is 2.20. The van der Waals surface area contributed by atoms with Gasteiger partial charge < -0.3 is 9.47 Å². The zero-order valence-corrected chi connectivity index (χ0v) is 11.0. The van der Waals surface area contributed by atoms with Crippen molar-refractivity contribution in [3.8, 4) is 0 Å². The van der Waals surface area contributed by atoms with Crippen molar-refractivity contribution in [3.63, 3.8) is 0 Å². The summed E-state index contributed by atoms with van der Waals surface area (Å²) in [5.74, 6) is -0.628. The highest BCUT2D eigenvalue weighted by Crippen LogP contribution is 2.36. The summed E-state index contributed by atoms with van der Waals surface area (Å²) < 4.78 is 10.3. The molecule has 0 N–H and O–H groups in total. The van der Waals surface area contributed by atoms with Crippen molar-refractivity contribution < 1.29 is 19.1 Å². The number of carbonyl (C=O) groups excluding carboxylic acids is 2. The van der Waals surface area contributed by atoms with Crippen molar-refractivity contribution >= 4 is 11.9 Å². The maximum Gasteiger partial charge on any atom is 0.348 e. The average molecular weight is 254 g/mol. The third-order valence-electron chi connectivity index (χ3n) is 3.87. The van der Waals surface area contributed by atoms with Crippen LogP contribution in [0.25, 0.3) is 0 Å². The summed E-state index contributed by atoms with van der Waals surface area (Å²) in [5.41, 5.74) is 0. The zero-order chi connectivity index (χ0) is 13.0. The molecule has 2 aliphatic heterocycles. The van der Waals surface area contributed by atoms with E-state index < -0.39 is 6.10 Å². The Morgan fingerprint density at radius 2 is 1.78 bits per heavy atom. The van der Waals surface area contributed by atoms with Crippen LogP contribution in [-0.4, -0.2) is 24.1 Å². The molecule has 0 aromatic carbocycles. The first-order chi connectivity index (χ1) is 8.72. The van der Waals surface area contributed by atoms with E-state index in [9.17, 15) is 9.59 Å². The van der Waals surface area contributed by atoms with E-state index in [0.29, 0.717) is 6.42 Å². The van der Waals surface area contributed by atoms with Crippen molar-refractivity contribution in [2.75, 3.05) is 0 Å². The topological polar surface area (TPSA) is 52.6 Å². The first kappa shape index (κ1) is 13.4. The van der Waals surface area contributed by atoms with E-state index in [2.05, 4.69) is 6.92 Å². The van der Waals surface area contributed by atoms with Crippen LogP contribution < -0.4 is 0 Å². The standard InChI is InChI=1S/C14H22O4/c1-2-3-4-5-6-7-8-11-10-9-12(15)18-13(10)14(16)17-11/h10-11,13H,2-9H2,1H3/t10-,11+,13-/m1/s1. The average Bonchev–Trinajstić information content (AvgIpc) is 2.85. The van der Waals surface area contributed by atoms with Gasteiger partial charge in [0.1, 0.15) is 6.10 Å². The van der Waals surface area contributed by atoms with E-state index in [4.69, 9.17) is 9.47 Å². The van der Waals surface area contributed by atoms with Crippen LogP contribution in [0.3, 0.4) is 0 Å². The summed E-state index contributed by atoms with van der Waals surface area (Å²) in [6.07, 6.45) is 7.84. The fraction of sp³-hybridized carbons (Fsp3) is 0.857. The van der Waals surface area contributed by atoms with Gasteiger partial charge in [-0.3, -0.25) is 4.79 Å². The normalized spacial score (nSPS) is 30.2. The number of unbranched alkanes of at least 4 members (excludes halogenated alkanes) is 5. The largest absolute Gasteiger partial charge is 0.459 e. The summed E-state index contributed by atoms with van der Waals surface area (Å²) in [4.78, 5) is 22.7. The van der Waals surface area contributed by atoms with E-state index in [-0.39, 0.29) is 24.0 Å². The third kappa shape index (κ3) is 3.03. The molecule has 2 rings (SSSR count). The lowest BCUT2D eigenvalue weighted by Crippen LogP contribution is -2.20. The van der Waals surface area contributed by atoms with Crippen LogP contribution in [0.5, 0.6) is 0 Å². The predicted molar refractivity (Wildman–Crippen MR) is 65.9 cm³/mol. The van der Waals surface area contributed by atoms with Gasteiger partial charge >= 0.3 is 11.9 Å². The van der Waals surface area contributed by atoms with Gasteiger partial charge in [0.25, 0.3) is 0 Å². The van der Waals surface area contributed by atoms with Gasteiger partial charge in [0.05, 0.1) is 12.3 Å². The highest BCUT2D eigenvalue weighted by atomic mass is 16.6. The fourth-order valence-corrected chi connectivity index (χ4v) is 2.83. The molecule has 3 atom stereocenters. The minimum absolute atomic E-state index is 0.0272. The lowest BCUT2D eigenvalue weighted by atomic mass is 9.93. The molecular weight excluding hydrogens is 232 g/mol. The number of hydrogen-bond donors (Lipinski definition) is 0. The molecule has 0 radical (unpaired) electrons. The molecule has 18 heavy (non-hydrogen) atoms. The lowest BCUT2D eigenvalue weighted by molar-refractivity contribution is -0.158. The van der Waals surface area contributed by atoms with E-state index in [1.54, 1.807) is 0 Å². The number of ether oxygens (including phenoxy) is 2. The van der Waals surface area contributed by atoms with Crippen LogP contribution in [0.1, 0.15) is 58.3 Å². The van der Waals surface area contributed by atoms with Gasteiger partial charge in [-0.05, 0) is 12.8 Å². The zero-order valence-electron chi connectivity index (χ0n) is 11.0. The number of carbonyl (C=O) groups is 2. The van der Waals surface area contributed by atoms with E-state index in [1.807, 2.05) is 0 Å². The molecule has 2 heterocycles. The molecule has 0 spiro atoms. The van der Waals surface area contributed by atoms with Gasteiger partial charge in [0.15, 0.2) is 0 Å². The Morgan fingerprint density at radius 1 is 1.06 bits per heavy atom. The Balaban J connectivity index is 1.67. The van der Waals surface area contributed by atoms with Crippen molar-refractivity contribution in [3.05, 3.63) is 0 Å². The lowest BCUT2D eigenvalue weighted by Gasteiger charge is -2.13. The smallest absolute Gasteiger partial charge is 0.348 e. The van der Waals surface area contributed by atoms with E-state index in [0.717, 1.165) is 12.8 Å². The number of esters is 2. The number of cyclic esters (lactones) is 1. The first-order valence-electron chi connectivity index (χ1n) is 7.12. The second-order valence-corrected chi connectivity index (χ2v) is 5.31. The molecule has 2 saturated heterocycles. The van der Waals surface area contributed by atoms with Gasteiger partial charge in [0, 0.05) is 0 Å². The maximum absolute atomic E-state index is 11.5. The summed E-state index contributed by atoms with van der Waals surface area (Å²) >= 11 is 0. The molecule has 4 nitrogen and oxygen atoms in total. The molecular formula is C14H22O4. The monoisotopic (exact) mass is 254 g/mol. The van der Waals surface area contributed by atoms with Crippen LogP contribution in [0.4, 0.5) is 0 Å². The minimum atomic E-state index is -0.609. The second kappa shape index (κ2) is 6.21. The van der Waals surface area contributed by atoms with Crippen LogP contribution in [0, 0.1) is 5.92 Å². The van der Waals surface area contributed by atoms with Crippen LogP contribution in [0.15, 0.2) is 0 Å². The molecule has 0 bridgehead atoms. The van der Waals surface area contributed by atoms with Crippen molar-refractivity contribution in [1.82, 2.24) is 0 Å². The van der Waals surface area contributed by atoms with Gasteiger partial charge in [-0.2, -0.15) is 0 Å². The predicted octanol–water partition coefficient (Wildman–Crippen LogP) is 2.59. The third-order valence-corrected chi connectivity index (χ3v) is 3.87. The van der Waals surface area contributed by atoms with E-state index >= 15 is 0 Å². The van der Waals surface area contributed by atoms with Crippen LogP contribution in [0.2, 0.25) is 0 Å². The molecule has 2 aliphatic rings. The Bertz CT molecular complexity index is 313. The molecule has 2 fully saturated rings. The summed E-state index contributed by atoms with van der Waals surface area (Å²) in [6, 6.07) is 0.